The molecule has 3 fully saturated rings. The van der Waals surface area contributed by atoms with E-state index in [1.165, 1.54) is 12.0 Å². The molecule has 2 aromatic carbocycles. The van der Waals surface area contributed by atoms with Crippen molar-refractivity contribution in [3.05, 3.63) is 70.5 Å². The van der Waals surface area contributed by atoms with Gasteiger partial charge >= 0.3 is 0 Å². The average Bonchev–Trinajstić information content (AvgIpc) is 3.88. The fourth-order valence-electron chi connectivity index (χ4n) is 8.94. The van der Waals surface area contributed by atoms with Crippen LogP contribution in [0.3, 0.4) is 0 Å². The molecule has 4 heterocycles. The first kappa shape index (κ1) is 34.7. The average molecular weight is 726 g/mol. The quantitative estimate of drug-likeness (QED) is 0.230. The van der Waals surface area contributed by atoms with Crippen LogP contribution in [0, 0.1) is 0 Å². The topological polar surface area (TPSA) is 125 Å². The lowest BCUT2D eigenvalue weighted by Gasteiger charge is -2.31. The highest BCUT2D eigenvalue weighted by Crippen LogP contribution is 2.48. The van der Waals surface area contributed by atoms with Crippen LogP contribution in [-0.4, -0.2) is 77.6 Å². The molecule has 0 unspecified atom stereocenters. The second kappa shape index (κ2) is 13.9. The fraction of sp³-hybridized carbons (Fsp3) is 0.475. The van der Waals surface area contributed by atoms with Gasteiger partial charge in [-0.3, -0.25) is 14.3 Å². The Balaban J connectivity index is 1.30. The van der Waals surface area contributed by atoms with Gasteiger partial charge in [-0.15, -0.1) is 0 Å². The highest BCUT2D eigenvalue weighted by Gasteiger charge is 2.34. The first-order valence-corrected chi connectivity index (χ1v) is 20.2. The molecule has 0 radical (unpaired) electrons. The number of aryl methyl sites for hydroxylation is 1. The van der Waals surface area contributed by atoms with Gasteiger partial charge in [-0.2, -0.15) is 5.10 Å². The molecule has 1 saturated heterocycles. The number of nitrogens with zero attached hydrogens (tertiary/aromatic N) is 4. The van der Waals surface area contributed by atoms with E-state index in [1.807, 2.05) is 43.1 Å². The molecule has 2 aromatic heterocycles. The second-order valence-electron chi connectivity index (χ2n) is 14.9. The predicted molar refractivity (Wildman–Crippen MR) is 201 cm³/mol. The summed E-state index contributed by atoms with van der Waals surface area (Å²) in [5.41, 5.74) is 7.64. The molecule has 12 heteroatoms. The fourth-order valence-corrected chi connectivity index (χ4v) is 10.4. The van der Waals surface area contributed by atoms with Gasteiger partial charge < -0.3 is 18.9 Å². The Kier molecular flexibility index (Phi) is 9.23. The molecule has 0 spiro atoms. The number of aromatic nitrogens is 3. The van der Waals surface area contributed by atoms with Crippen molar-refractivity contribution in [3.8, 4) is 17.0 Å². The first-order chi connectivity index (χ1) is 25.1. The summed E-state index contributed by atoms with van der Waals surface area (Å²) in [5.74, 6) is 0.349. The van der Waals surface area contributed by atoms with Crippen molar-refractivity contribution in [3.63, 3.8) is 0 Å². The second-order valence-corrected chi connectivity index (χ2v) is 16.8. The lowest BCUT2D eigenvalue weighted by Crippen LogP contribution is -2.44. The van der Waals surface area contributed by atoms with Gasteiger partial charge in [0.05, 0.1) is 54.8 Å². The number of benzene rings is 2. The number of fused-ring (bicyclic) bond motifs is 5. The zero-order chi connectivity index (χ0) is 36.1. The minimum atomic E-state index is -3.79. The van der Waals surface area contributed by atoms with Gasteiger partial charge in [0.1, 0.15) is 5.75 Å². The number of carbonyl (C=O) groups excluding carboxylic acids is 2. The molecule has 52 heavy (non-hydrogen) atoms. The summed E-state index contributed by atoms with van der Waals surface area (Å²) in [6, 6.07) is 11.7. The molecule has 2 saturated carbocycles. The van der Waals surface area contributed by atoms with Gasteiger partial charge in [-0.1, -0.05) is 38.2 Å². The van der Waals surface area contributed by atoms with Crippen molar-refractivity contribution in [2.45, 2.75) is 88.5 Å². The molecular weight excluding hydrogens is 679 g/mol. The molecule has 1 atom stereocenters. The first-order valence-electron chi connectivity index (χ1n) is 18.7. The number of allylic oxidation sites excluding steroid dienone is 1. The number of sulfonamides is 1. The molecular formula is C40H47N5O6S. The number of methoxy groups -OCH3 is 1. The maximum atomic E-state index is 14.1. The maximum Gasteiger partial charge on any atom is 0.264 e. The summed E-state index contributed by atoms with van der Waals surface area (Å²) < 4.78 is 44.3. The highest BCUT2D eigenvalue weighted by molar-refractivity contribution is 7.90. The molecule has 4 aliphatic rings. The third kappa shape index (κ3) is 6.23. The molecule has 11 nitrogen and oxygen atoms in total. The Morgan fingerprint density at radius 1 is 0.981 bits per heavy atom. The van der Waals surface area contributed by atoms with Crippen LogP contribution in [-0.2, 0) is 28.4 Å². The highest BCUT2D eigenvalue weighted by atomic mass is 32.2. The minimum absolute atomic E-state index is 0.0548. The SMILES string of the molecule is COc1ccc2c(c1)C=C(c1c(C(=O)N3CCO[C@H](C)C3)cnn1C)Cn1c-2c(C2CCCCC2)c2ccc(C(=O)NS(=O)(=O)C3CCCC3)cc21. The Bertz CT molecular complexity index is 2190. The van der Waals surface area contributed by atoms with Crippen molar-refractivity contribution in [1.29, 1.82) is 0 Å². The number of morpholine rings is 1. The van der Waals surface area contributed by atoms with E-state index in [-0.39, 0.29) is 12.0 Å². The van der Waals surface area contributed by atoms with E-state index in [0.29, 0.717) is 56.1 Å². The molecule has 4 aromatic rings. The zero-order valence-corrected chi connectivity index (χ0v) is 31.0. The van der Waals surface area contributed by atoms with Crippen LogP contribution in [0.5, 0.6) is 5.75 Å². The summed E-state index contributed by atoms with van der Waals surface area (Å²) in [6.07, 6.45) is 12.2. The van der Waals surface area contributed by atoms with E-state index in [9.17, 15) is 18.0 Å². The number of amides is 2. The van der Waals surface area contributed by atoms with Crippen LogP contribution in [0.1, 0.15) is 108 Å². The number of hydrogen-bond donors (Lipinski definition) is 1. The molecule has 1 N–H and O–H groups in total. The van der Waals surface area contributed by atoms with Crippen molar-refractivity contribution >= 4 is 44.4 Å². The summed E-state index contributed by atoms with van der Waals surface area (Å²) in [6.45, 7) is 3.88. The standard InChI is InChI=1S/C40H47N5O6S/c1-25-23-44(17-18-51-25)40(47)34-22-41-43(2)37(34)29-19-28-20-30(50-3)14-16-32(28)38-36(26-9-5-4-6-10-26)33-15-13-27(21-35(33)45(38)24-29)39(46)42-52(48,49)31-11-7-8-12-31/h13-16,19-22,25-26,31H,4-12,17-18,23-24H2,1-3H3,(H,42,46)/t25-/m1/s1. The van der Waals surface area contributed by atoms with Crippen molar-refractivity contribution in [2.24, 2.45) is 7.05 Å². The van der Waals surface area contributed by atoms with Crippen LogP contribution >= 0.6 is 0 Å². The lowest BCUT2D eigenvalue weighted by atomic mass is 9.81. The Hall–Kier alpha value is -4.42. The van der Waals surface area contributed by atoms with Crippen molar-refractivity contribution in [1.82, 2.24) is 24.0 Å². The molecule has 2 aliphatic heterocycles. The summed E-state index contributed by atoms with van der Waals surface area (Å²) in [7, 11) is -0.268. The van der Waals surface area contributed by atoms with E-state index in [4.69, 9.17) is 9.47 Å². The van der Waals surface area contributed by atoms with Gasteiger partial charge in [0.2, 0.25) is 10.0 Å². The minimum Gasteiger partial charge on any atom is -0.497 e. The Labute approximate surface area is 305 Å². The van der Waals surface area contributed by atoms with Crippen LogP contribution in [0.15, 0.2) is 42.6 Å². The van der Waals surface area contributed by atoms with Crippen LogP contribution in [0.2, 0.25) is 0 Å². The summed E-state index contributed by atoms with van der Waals surface area (Å²) in [5, 5.41) is 5.12. The number of ether oxygens (including phenoxy) is 2. The maximum absolute atomic E-state index is 14.1. The molecule has 2 aliphatic carbocycles. The Morgan fingerprint density at radius 3 is 2.50 bits per heavy atom. The van der Waals surface area contributed by atoms with E-state index in [0.717, 1.165) is 83.3 Å². The largest absolute Gasteiger partial charge is 0.497 e. The monoisotopic (exact) mass is 725 g/mol. The number of nitrogens with one attached hydrogen (secondary N) is 1. The number of rotatable bonds is 7. The van der Waals surface area contributed by atoms with Gasteiger partial charge in [-0.05, 0) is 91.6 Å². The molecule has 0 bridgehead atoms. The van der Waals surface area contributed by atoms with Gasteiger partial charge in [-0.25, -0.2) is 13.1 Å². The van der Waals surface area contributed by atoms with Gasteiger partial charge in [0.25, 0.3) is 11.8 Å². The van der Waals surface area contributed by atoms with E-state index in [1.54, 1.807) is 24.1 Å². The smallest absolute Gasteiger partial charge is 0.264 e. The van der Waals surface area contributed by atoms with E-state index >= 15 is 0 Å². The van der Waals surface area contributed by atoms with Crippen LogP contribution < -0.4 is 9.46 Å². The van der Waals surface area contributed by atoms with E-state index in [2.05, 4.69) is 26.5 Å². The summed E-state index contributed by atoms with van der Waals surface area (Å²) >= 11 is 0. The van der Waals surface area contributed by atoms with Crippen molar-refractivity contribution in [2.75, 3.05) is 26.8 Å². The van der Waals surface area contributed by atoms with E-state index < -0.39 is 21.2 Å². The number of carbonyl (C=O) groups is 2. The van der Waals surface area contributed by atoms with Crippen molar-refractivity contribution < 1.29 is 27.5 Å². The number of hydrogen-bond acceptors (Lipinski definition) is 7. The molecule has 2 amide bonds. The Morgan fingerprint density at radius 2 is 1.75 bits per heavy atom. The normalized spacial score (nSPS) is 19.9. The molecule has 8 rings (SSSR count). The third-order valence-corrected chi connectivity index (χ3v) is 13.3. The zero-order valence-electron chi connectivity index (χ0n) is 30.2. The van der Waals surface area contributed by atoms with Gasteiger partial charge in [0, 0.05) is 42.2 Å². The molecule has 274 valence electrons. The third-order valence-electron chi connectivity index (χ3n) is 11.5. The summed E-state index contributed by atoms with van der Waals surface area (Å²) in [4.78, 5) is 29.6. The van der Waals surface area contributed by atoms with Crippen LogP contribution in [0.25, 0.3) is 33.8 Å². The van der Waals surface area contributed by atoms with Crippen LogP contribution in [0.4, 0.5) is 0 Å². The lowest BCUT2D eigenvalue weighted by molar-refractivity contribution is -0.0124. The predicted octanol–water partition coefficient (Wildman–Crippen LogP) is 6.52. The van der Waals surface area contributed by atoms with Gasteiger partial charge in [0.15, 0.2) is 0 Å².